The third kappa shape index (κ3) is 4.05. The minimum atomic E-state index is -0.864. The third-order valence-corrected chi connectivity index (χ3v) is 0.706. The summed E-state index contributed by atoms with van der Waals surface area (Å²) < 4.78 is 2.43. The zero-order valence-electron chi connectivity index (χ0n) is 3.56. The van der Waals surface area contributed by atoms with E-state index >= 15 is 0 Å². The van der Waals surface area contributed by atoms with Gasteiger partial charge in [-0.05, 0) is 3.93 Å². The van der Waals surface area contributed by atoms with Crippen LogP contribution in [0.1, 0.15) is 0 Å². The lowest BCUT2D eigenvalue weighted by Crippen LogP contribution is -2.07. The maximum Gasteiger partial charge on any atom is 0.138 e. The van der Waals surface area contributed by atoms with Crippen LogP contribution in [-0.4, -0.2) is 22.9 Å². The highest BCUT2D eigenvalue weighted by Crippen LogP contribution is 1.77. The van der Waals surface area contributed by atoms with Crippen LogP contribution in [0.15, 0.2) is 0 Å². The van der Waals surface area contributed by atoms with E-state index in [1.54, 1.807) is 22.6 Å². The molecule has 0 saturated carbocycles. The van der Waals surface area contributed by atoms with E-state index in [1.807, 2.05) is 0 Å². The largest absolute Gasteiger partial charge is 0.393 e. The first-order valence-corrected chi connectivity index (χ1v) is 2.79. The first-order chi connectivity index (χ1) is 3.31. The Balaban J connectivity index is 3.29. The molecule has 0 spiro atoms. The van der Waals surface area contributed by atoms with Crippen molar-refractivity contribution in [1.82, 2.24) is 0 Å². The molecule has 7 heavy (non-hydrogen) atoms. The summed E-state index contributed by atoms with van der Waals surface area (Å²) in [5.74, 6) is 2.34. The average molecular weight is 212 g/mol. The predicted molar refractivity (Wildman–Crippen MR) is 34.9 cm³/mol. The standard InChI is InChI=1S/C4H5IO2/c5-2-1-4(7)3-6/h4,6-7H,3H2/t4-/m1/s1. The van der Waals surface area contributed by atoms with Crippen LogP contribution in [0.2, 0.25) is 0 Å². The quantitative estimate of drug-likeness (QED) is 0.464. The second-order valence-corrected chi connectivity index (χ2v) is 1.48. The van der Waals surface area contributed by atoms with E-state index in [2.05, 4.69) is 9.85 Å². The van der Waals surface area contributed by atoms with Crippen molar-refractivity contribution in [2.24, 2.45) is 0 Å². The first kappa shape index (κ1) is 7.21. The summed E-state index contributed by atoms with van der Waals surface area (Å²) in [6.07, 6.45) is -0.864. The van der Waals surface area contributed by atoms with Gasteiger partial charge in [-0.2, -0.15) is 0 Å². The van der Waals surface area contributed by atoms with E-state index < -0.39 is 6.10 Å². The Kier molecular flexibility index (Phi) is 4.50. The molecule has 0 aromatic heterocycles. The van der Waals surface area contributed by atoms with Gasteiger partial charge in [0.2, 0.25) is 0 Å². The molecule has 0 aliphatic heterocycles. The highest BCUT2D eigenvalue weighted by Gasteiger charge is 1.89. The molecule has 0 aliphatic rings. The van der Waals surface area contributed by atoms with Crippen molar-refractivity contribution >= 4 is 22.6 Å². The molecule has 0 amide bonds. The van der Waals surface area contributed by atoms with E-state index in [4.69, 9.17) is 10.2 Å². The Morgan fingerprint density at radius 2 is 2.29 bits per heavy atom. The van der Waals surface area contributed by atoms with Gasteiger partial charge in [-0.15, -0.1) is 0 Å². The van der Waals surface area contributed by atoms with Crippen molar-refractivity contribution < 1.29 is 10.2 Å². The van der Waals surface area contributed by atoms with Gasteiger partial charge in [0.1, 0.15) is 6.10 Å². The third-order valence-electron chi connectivity index (χ3n) is 0.394. The van der Waals surface area contributed by atoms with Crippen LogP contribution in [0.4, 0.5) is 0 Å². The molecule has 0 bridgehead atoms. The lowest BCUT2D eigenvalue weighted by Gasteiger charge is -1.90. The Morgan fingerprint density at radius 3 is 2.43 bits per heavy atom. The minimum absolute atomic E-state index is 0.282. The maximum atomic E-state index is 8.43. The summed E-state index contributed by atoms with van der Waals surface area (Å²) in [7, 11) is 0. The van der Waals surface area contributed by atoms with Gasteiger partial charge in [-0.3, -0.25) is 0 Å². The van der Waals surface area contributed by atoms with E-state index in [1.165, 1.54) is 0 Å². The maximum absolute atomic E-state index is 8.43. The summed E-state index contributed by atoms with van der Waals surface area (Å²) in [4.78, 5) is 0. The molecule has 3 heteroatoms. The second kappa shape index (κ2) is 4.37. The van der Waals surface area contributed by atoms with Gasteiger partial charge in [0.15, 0.2) is 0 Å². The number of hydrogen-bond donors (Lipinski definition) is 2. The highest BCUT2D eigenvalue weighted by atomic mass is 127. The summed E-state index contributed by atoms with van der Waals surface area (Å²) in [5.41, 5.74) is 0. The number of hydrogen-bond acceptors (Lipinski definition) is 2. The molecule has 0 unspecified atom stereocenters. The van der Waals surface area contributed by atoms with E-state index in [9.17, 15) is 0 Å². The van der Waals surface area contributed by atoms with Crippen LogP contribution in [0.3, 0.4) is 0 Å². The zero-order valence-corrected chi connectivity index (χ0v) is 5.71. The fourth-order valence-corrected chi connectivity index (χ4v) is 0.468. The second-order valence-electron chi connectivity index (χ2n) is 0.937. The highest BCUT2D eigenvalue weighted by molar-refractivity contribution is 14.1. The Hall–Kier alpha value is 0.210. The number of rotatable bonds is 1. The van der Waals surface area contributed by atoms with Crippen LogP contribution in [0.25, 0.3) is 0 Å². The number of halogens is 1. The van der Waals surface area contributed by atoms with Gasteiger partial charge >= 0.3 is 0 Å². The smallest absolute Gasteiger partial charge is 0.138 e. The van der Waals surface area contributed by atoms with Crippen molar-refractivity contribution in [3.63, 3.8) is 0 Å². The van der Waals surface area contributed by atoms with Crippen LogP contribution >= 0.6 is 22.6 Å². The molecule has 0 saturated heterocycles. The van der Waals surface area contributed by atoms with Crippen LogP contribution in [0.5, 0.6) is 0 Å². The van der Waals surface area contributed by atoms with Crippen molar-refractivity contribution in [3.05, 3.63) is 0 Å². The Bertz CT molecular complexity index is 91.6. The Morgan fingerprint density at radius 1 is 1.71 bits per heavy atom. The normalized spacial score (nSPS) is 11.9. The Labute approximate surface area is 55.7 Å². The molecule has 0 fully saturated rings. The fourth-order valence-electron chi connectivity index (χ4n) is 0.109. The lowest BCUT2D eigenvalue weighted by atomic mass is 10.4. The van der Waals surface area contributed by atoms with E-state index in [0.717, 1.165) is 0 Å². The summed E-state index contributed by atoms with van der Waals surface area (Å²) >= 11 is 1.79. The van der Waals surface area contributed by atoms with E-state index in [0.29, 0.717) is 0 Å². The van der Waals surface area contributed by atoms with Crippen molar-refractivity contribution in [1.29, 1.82) is 0 Å². The molecule has 0 aliphatic carbocycles. The molecule has 0 aromatic rings. The summed E-state index contributed by atoms with van der Waals surface area (Å²) in [5, 5.41) is 16.5. The first-order valence-electron chi connectivity index (χ1n) is 1.71. The van der Waals surface area contributed by atoms with Gasteiger partial charge in [0, 0.05) is 22.6 Å². The number of aliphatic hydroxyl groups excluding tert-OH is 2. The molecule has 40 valence electrons. The molecule has 1 atom stereocenters. The molecule has 2 nitrogen and oxygen atoms in total. The molecule has 0 heterocycles. The van der Waals surface area contributed by atoms with Gasteiger partial charge in [0.05, 0.1) is 6.61 Å². The van der Waals surface area contributed by atoms with Gasteiger partial charge in [0.25, 0.3) is 0 Å². The lowest BCUT2D eigenvalue weighted by molar-refractivity contribution is 0.138. The van der Waals surface area contributed by atoms with Crippen molar-refractivity contribution in [2.45, 2.75) is 6.10 Å². The molecule has 0 rings (SSSR count). The zero-order chi connectivity index (χ0) is 5.70. The van der Waals surface area contributed by atoms with Crippen LogP contribution in [0, 0.1) is 9.85 Å². The van der Waals surface area contributed by atoms with Gasteiger partial charge in [-0.25, -0.2) is 0 Å². The van der Waals surface area contributed by atoms with Gasteiger partial charge in [-0.1, -0.05) is 5.92 Å². The molecule has 0 radical (unpaired) electrons. The van der Waals surface area contributed by atoms with Gasteiger partial charge < -0.3 is 10.2 Å². The SMILES string of the molecule is OC[C@H](O)C#CI. The number of aliphatic hydroxyl groups is 2. The summed E-state index contributed by atoms with van der Waals surface area (Å²) in [6.45, 7) is -0.282. The topological polar surface area (TPSA) is 40.5 Å². The molecule has 2 N–H and O–H groups in total. The molecule has 0 aromatic carbocycles. The average Bonchev–Trinajstić information content (AvgIpc) is 1.68. The van der Waals surface area contributed by atoms with Crippen molar-refractivity contribution in [3.8, 4) is 9.85 Å². The monoisotopic (exact) mass is 212 g/mol. The predicted octanol–water partition coefficient (Wildman–Crippen LogP) is -0.264. The van der Waals surface area contributed by atoms with E-state index in [-0.39, 0.29) is 6.61 Å². The molecular weight excluding hydrogens is 207 g/mol. The molecular formula is C4H5IO2. The minimum Gasteiger partial charge on any atom is -0.393 e. The van der Waals surface area contributed by atoms with Crippen LogP contribution in [-0.2, 0) is 0 Å². The summed E-state index contributed by atoms with van der Waals surface area (Å²) in [6, 6.07) is 0. The van der Waals surface area contributed by atoms with Crippen LogP contribution < -0.4 is 0 Å². The van der Waals surface area contributed by atoms with Crippen molar-refractivity contribution in [2.75, 3.05) is 6.61 Å². The fraction of sp³-hybridized carbons (Fsp3) is 0.500.